The van der Waals surface area contributed by atoms with Gasteiger partial charge in [0.25, 0.3) is 0 Å². The Hall–Kier alpha value is 0.400. The third-order valence-corrected chi connectivity index (χ3v) is 1.33. The average Bonchev–Trinajstić information content (AvgIpc) is 1.89. The van der Waals surface area contributed by atoms with E-state index in [1.54, 1.807) is 0 Å². The van der Waals surface area contributed by atoms with Gasteiger partial charge in [0.1, 0.15) is 0 Å². The van der Waals surface area contributed by atoms with E-state index in [-0.39, 0.29) is 6.10 Å². The quantitative estimate of drug-likeness (QED) is 0.529. The minimum absolute atomic E-state index is 0.288. The van der Waals surface area contributed by atoms with E-state index >= 15 is 0 Å². The van der Waals surface area contributed by atoms with Crippen LogP contribution in [0.4, 0.5) is 0 Å². The molecule has 0 aromatic carbocycles. The third-order valence-electron chi connectivity index (χ3n) is 1.00. The van der Waals surface area contributed by atoms with Crippen molar-refractivity contribution in [2.45, 2.75) is 19.4 Å². The molecule has 1 atom stereocenters. The lowest BCUT2D eigenvalue weighted by molar-refractivity contribution is 0.0422. The molecule has 0 aromatic heterocycles. The molecule has 0 bridgehead atoms. The van der Waals surface area contributed by atoms with Gasteiger partial charge in [0.05, 0.1) is 19.3 Å². The summed E-state index contributed by atoms with van der Waals surface area (Å²) < 4.78 is 5.04. The lowest BCUT2D eigenvalue weighted by Gasteiger charge is -2.06. The van der Waals surface area contributed by atoms with Crippen LogP contribution in [-0.2, 0) is 4.74 Å². The van der Waals surface area contributed by atoms with Crippen LogP contribution in [0.5, 0.6) is 0 Å². The second-order valence-electron chi connectivity index (χ2n) is 1.83. The second-order valence-corrected chi connectivity index (χ2v) is 2.62. The summed E-state index contributed by atoms with van der Waals surface area (Å²) in [6.07, 6.45) is 0.478. The van der Waals surface area contributed by atoms with Crippen LogP contribution in [-0.4, -0.2) is 29.8 Å². The number of hydrogen-bond acceptors (Lipinski definition) is 2. The minimum Gasteiger partial charge on any atom is -0.391 e. The highest BCUT2D eigenvalue weighted by Gasteiger charge is 1.97. The molecule has 3 heteroatoms. The monoisotopic (exact) mass is 196 g/mol. The molecule has 0 aliphatic heterocycles. The molecular weight excluding hydrogens is 184 g/mol. The highest BCUT2D eigenvalue weighted by molar-refractivity contribution is 9.09. The topological polar surface area (TPSA) is 29.5 Å². The van der Waals surface area contributed by atoms with Crippen LogP contribution in [0.15, 0.2) is 0 Å². The summed E-state index contributed by atoms with van der Waals surface area (Å²) in [5, 5.41) is 9.78. The molecule has 1 N–H and O–H groups in total. The molecule has 1 unspecified atom stereocenters. The van der Waals surface area contributed by atoms with Crippen LogP contribution in [0.3, 0.4) is 0 Å². The van der Waals surface area contributed by atoms with Crippen molar-refractivity contribution in [1.29, 1.82) is 0 Å². The van der Waals surface area contributed by atoms with Gasteiger partial charge in [0.15, 0.2) is 0 Å². The summed E-state index contributed by atoms with van der Waals surface area (Å²) in [6, 6.07) is 0. The molecule has 0 aromatic rings. The summed E-state index contributed by atoms with van der Waals surface area (Å²) in [6.45, 7) is 3.07. The fourth-order valence-electron chi connectivity index (χ4n) is 0.392. The number of rotatable bonds is 5. The third kappa shape index (κ3) is 6.28. The summed E-state index contributed by atoms with van der Waals surface area (Å²) in [4.78, 5) is 0. The number of aliphatic hydroxyl groups is 1. The maximum Gasteiger partial charge on any atom is 0.0771 e. The lowest BCUT2D eigenvalue weighted by Crippen LogP contribution is -2.14. The molecule has 0 fully saturated rings. The zero-order chi connectivity index (χ0) is 7.11. The van der Waals surface area contributed by atoms with Crippen molar-refractivity contribution in [3.05, 3.63) is 0 Å². The van der Waals surface area contributed by atoms with Gasteiger partial charge in [-0.1, -0.05) is 22.9 Å². The van der Waals surface area contributed by atoms with Crippen molar-refractivity contribution >= 4 is 15.9 Å². The predicted molar refractivity (Wildman–Crippen MR) is 40.9 cm³/mol. The first-order valence-corrected chi connectivity index (χ1v) is 4.25. The number of ether oxygens (including phenoxy) is 1. The Balaban J connectivity index is 2.88. The van der Waals surface area contributed by atoms with E-state index in [1.807, 2.05) is 6.92 Å². The van der Waals surface area contributed by atoms with Gasteiger partial charge in [0, 0.05) is 5.33 Å². The first kappa shape index (κ1) is 9.40. The number of hydrogen-bond donors (Lipinski definition) is 1. The normalized spacial score (nSPS) is 13.7. The Morgan fingerprint density at radius 3 is 2.78 bits per heavy atom. The van der Waals surface area contributed by atoms with E-state index in [0.717, 1.165) is 11.8 Å². The second kappa shape index (κ2) is 6.52. The Bertz CT molecular complexity index is 59.0. The van der Waals surface area contributed by atoms with Gasteiger partial charge in [-0.2, -0.15) is 0 Å². The van der Waals surface area contributed by atoms with Crippen molar-refractivity contribution < 1.29 is 9.84 Å². The zero-order valence-electron chi connectivity index (χ0n) is 5.64. The highest BCUT2D eigenvalue weighted by Crippen LogP contribution is 1.91. The Morgan fingerprint density at radius 1 is 1.67 bits per heavy atom. The van der Waals surface area contributed by atoms with E-state index in [4.69, 9.17) is 9.84 Å². The van der Waals surface area contributed by atoms with E-state index in [9.17, 15) is 0 Å². The van der Waals surface area contributed by atoms with Gasteiger partial charge < -0.3 is 9.84 Å². The molecule has 0 aliphatic carbocycles. The fourth-order valence-corrected chi connectivity index (χ4v) is 0.621. The average molecular weight is 197 g/mol. The molecule has 0 aliphatic rings. The summed E-state index contributed by atoms with van der Waals surface area (Å²) in [5.74, 6) is 0. The van der Waals surface area contributed by atoms with Crippen LogP contribution in [0, 0.1) is 0 Å². The predicted octanol–water partition coefficient (Wildman–Crippen LogP) is 1.17. The van der Waals surface area contributed by atoms with Gasteiger partial charge in [0.2, 0.25) is 0 Å². The van der Waals surface area contributed by atoms with Crippen molar-refractivity contribution in [3.8, 4) is 0 Å². The molecule has 0 amide bonds. The number of aliphatic hydroxyl groups excluding tert-OH is 1. The molecule has 0 saturated carbocycles. The summed E-state index contributed by atoms with van der Waals surface area (Å²) >= 11 is 3.21. The van der Waals surface area contributed by atoms with Crippen LogP contribution >= 0.6 is 15.9 Å². The molecule has 0 radical (unpaired) electrons. The van der Waals surface area contributed by atoms with Crippen molar-refractivity contribution in [1.82, 2.24) is 0 Å². The van der Waals surface area contributed by atoms with Crippen LogP contribution in [0.25, 0.3) is 0 Å². The van der Waals surface area contributed by atoms with E-state index in [0.29, 0.717) is 13.2 Å². The SMILES string of the molecule is CCC(O)COCCBr. The first-order valence-electron chi connectivity index (χ1n) is 3.13. The summed E-state index contributed by atoms with van der Waals surface area (Å²) in [5.41, 5.74) is 0. The molecule has 0 saturated heterocycles. The maximum absolute atomic E-state index is 8.94. The Morgan fingerprint density at radius 2 is 2.33 bits per heavy atom. The van der Waals surface area contributed by atoms with E-state index in [1.165, 1.54) is 0 Å². The van der Waals surface area contributed by atoms with E-state index in [2.05, 4.69) is 15.9 Å². The van der Waals surface area contributed by atoms with Gasteiger partial charge >= 0.3 is 0 Å². The van der Waals surface area contributed by atoms with Crippen LogP contribution < -0.4 is 0 Å². The molecular formula is C6H13BrO2. The molecule has 0 rings (SSSR count). The fraction of sp³-hybridized carbons (Fsp3) is 1.00. The lowest BCUT2D eigenvalue weighted by atomic mass is 10.3. The van der Waals surface area contributed by atoms with E-state index < -0.39 is 0 Å². The first-order chi connectivity index (χ1) is 4.31. The minimum atomic E-state index is -0.288. The molecule has 56 valence electrons. The molecule has 9 heavy (non-hydrogen) atoms. The van der Waals surface area contributed by atoms with Gasteiger partial charge in [-0.05, 0) is 6.42 Å². The highest BCUT2D eigenvalue weighted by atomic mass is 79.9. The summed E-state index contributed by atoms with van der Waals surface area (Å²) in [7, 11) is 0. The Kier molecular flexibility index (Phi) is 6.81. The largest absolute Gasteiger partial charge is 0.391 e. The number of halogens is 1. The van der Waals surface area contributed by atoms with Gasteiger partial charge in [-0.3, -0.25) is 0 Å². The molecule has 0 heterocycles. The Labute approximate surface area is 64.3 Å². The molecule has 0 spiro atoms. The molecule has 2 nitrogen and oxygen atoms in total. The van der Waals surface area contributed by atoms with Crippen molar-refractivity contribution in [2.75, 3.05) is 18.5 Å². The van der Waals surface area contributed by atoms with Crippen molar-refractivity contribution in [2.24, 2.45) is 0 Å². The van der Waals surface area contributed by atoms with Crippen molar-refractivity contribution in [3.63, 3.8) is 0 Å². The number of alkyl halides is 1. The van der Waals surface area contributed by atoms with Crippen LogP contribution in [0.2, 0.25) is 0 Å². The van der Waals surface area contributed by atoms with Crippen LogP contribution in [0.1, 0.15) is 13.3 Å². The smallest absolute Gasteiger partial charge is 0.0771 e. The standard InChI is InChI=1S/C6H13BrO2/c1-2-6(8)5-9-4-3-7/h6,8H,2-5H2,1H3. The van der Waals surface area contributed by atoms with Gasteiger partial charge in [-0.25, -0.2) is 0 Å². The van der Waals surface area contributed by atoms with Gasteiger partial charge in [-0.15, -0.1) is 0 Å². The zero-order valence-corrected chi connectivity index (χ0v) is 7.23. The maximum atomic E-state index is 8.94.